The molecule has 3 rings (SSSR count). The van der Waals surface area contributed by atoms with Gasteiger partial charge in [-0.25, -0.2) is 4.39 Å². The van der Waals surface area contributed by atoms with E-state index in [0.29, 0.717) is 0 Å². The van der Waals surface area contributed by atoms with Crippen molar-refractivity contribution in [3.05, 3.63) is 71.0 Å². The quantitative estimate of drug-likeness (QED) is 0.851. The van der Waals surface area contributed by atoms with Gasteiger partial charge >= 0.3 is 0 Å². The number of nitrogens with zero attached hydrogens (tertiary/aromatic N) is 1. The lowest BCUT2D eigenvalue weighted by atomic mass is 9.97. The Morgan fingerprint density at radius 3 is 2.76 bits per heavy atom. The van der Waals surface area contributed by atoms with Crippen LogP contribution < -0.4 is 10.2 Å². The van der Waals surface area contributed by atoms with Crippen molar-refractivity contribution >= 4 is 17.7 Å². The largest absolute Gasteiger partial charge is 0.374 e. The van der Waals surface area contributed by atoms with Gasteiger partial charge in [0.15, 0.2) is 0 Å². The Hall–Kier alpha value is -2.62. The zero-order valence-corrected chi connectivity index (χ0v) is 14.6. The highest BCUT2D eigenvalue weighted by Gasteiger charge is 2.16. The molecule has 0 fully saturated rings. The maximum Gasteiger partial charge on any atom is 0.244 e. The van der Waals surface area contributed by atoms with Gasteiger partial charge in [-0.05, 0) is 60.7 Å². The third kappa shape index (κ3) is 4.27. The predicted octanol–water partition coefficient (Wildman–Crippen LogP) is 4.10. The fourth-order valence-electron chi connectivity index (χ4n) is 3.13. The third-order valence-corrected chi connectivity index (χ3v) is 4.62. The first-order chi connectivity index (χ1) is 12.0. The van der Waals surface area contributed by atoms with Crippen molar-refractivity contribution in [3.8, 4) is 0 Å². The van der Waals surface area contributed by atoms with E-state index in [2.05, 4.69) is 35.5 Å². The minimum Gasteiger partial charge on any atom is -0.374 e. The summed E-state index contributed by atoms with van der Waals surface area (Å²) >= 11 is 0. The summed E-state index contributed by atoms with van der Waals surface area (Å²) < 4.78 is 12.9. The number of carbonyl (C=O) groups excluding carboxylic acids is 1. The molecule has 1 heterocycles. The summed E-state index contributed by atoms with van der Waals surface area (Å²) in [6.07, 6.45) is 5.46. The number of rotatable bonds is 4. The van der Waals surface area contributed by atoms with E-state index in [1.54, 1.807) is 18.2 Å². The van der Waals surface area contributed by atoms with Crippen molar-refractivity contribution < 1.29 is 9.18 Å². The average Bonchev–Trinajstić information content (AvgIpc) is 2.61. The van der Waals surface area contributed by atoms with Crippen LogP contribution >= 0.6 is 0 Å². The Morgan fingerprint density at radius 2 is 2.00 bits per heavy atom. The first kappa shape index (κ1) is 17.2. The van der Waals surface area contributed by atoms with E-state index in [9.17, 15) is 9.18 Å². The van der Waals surface area contributed by atoms with Crippen LogP contribution in [0.4, 0.5) is 10.1 Å². The van der Waals surface area contributed by atoms with Gasteiger partial charge in [0, 0.05) is 25.4 Å². The number of aryl methyl sites for hydroxylation is 1. The standard InChI is InChI=1S/C21H23FN2O/c1-15(18-9-8-17-4-3-13-24(2)20(17)14-18)23-21(25)12-7-16-5-10-19(22)11-6-16/h5-12,14-15H,3-4,13H2,1-2H3,(H,23,25)/b12-7+. The number of halogens is 1. The van der Waals surface area contributed by atoms with E-state index in [0.717, 1.165) is 24.1 Å². The molecule has 1 N–H and O–H groups in total. The van der Waals surface area contributed by atoms with Crippen LogP contribution in [0, 0.1) is 5.82 Å². The molecule has 0 saturated carbocycles. The van der Waals surface area contributed by atoms with E-state index in [-0.39, 0.29) is 17.8 Å². The molecule has 1 aliphatic heterocycles. The highest BCUT2D eigenvalue weighted by atomic mass is 19.1. The first-order valence-electron chi connectivity index (χ1n) is 8.61. The molecule has 1 unspecified atom stereocenters. The van der Waals surface area contributed by atoms with Gasteiger partial charge in [0.1, 0.15) is 5.82 Å². The Kier molecular flexibility index (Phi) is 5.17. The number of amides is 1. The molecule has 130 valence electrons. The molecule has 0 aromatic heterocycles. The number of benzene rings is 2. The van der Waals surface area contributed by atoms with Crippen molar-refractivity contribution in [2.45, 2.75) is 25.8 Å². The van der Waals surface area contributed by atoms with Gasteiger partial charge in [0.05, 0.1) is 6.04 Å². The van der Waals surface area contributed by atoms with Crippen LogP contribution in [0.25, 0.3) is 6.08 Å². The summed E-state index contributed by atoms with van der Waals surface area (Å²) in [7, 11) is 2.11. The predicted molar refractivity (Wildman–Crippen MR) is 100 cm³/mol. The average molecular weight is 338 g/mol. The van der Waals surface area contributed by atoms with E-state index < -0.39 is 0 Å². The molecule has 0 spiro atoms. The van der Waals surface area contributed by atoms with Crippen molar-refractivity contribution in [1.29, 1.82) is 0 Å². The molecule has 0 bridgehead atoms. The maximum atomic E-state index is 12.9. The van der Waals surface area contributed by atoms with Crippen LogP contribution in [-0.2, 0) is 11.2 Å². The highest BCUT2D eigenvalue weighted by Crippen LogP contribution is 2.29. The van der Waals surface area contributed by atoms with Gasteiger partial charge in [-0.3, -0.25) is 4.79 Å². The second-order valence-corrected chi connectivity index (χ2v) is 6.53. The zero-order valence-electron chi connectivity index (χ0n) is 14.6. The second kappa shape index (κ2) is 7.51. The van der Waals surface area contributed by atoms with Gasteiger partial charge in [-0.2, -0.15) is 0 Å². The topological polar surface area (TPSA) is 32.3 Å². The molecule has 0 radical (unpaired) electrons. The van der Waals surface area contributed by atoms with Gasteiger partial charge in [0.2, 0.25) is 5.91 Å². The number of hydrogen-bond donors (Lipinski definition) is 1. The smallest absolute Gasteiger partial charge is 0.244 e. The van der Waals surface area contributed by atoms with E-state index in [4.69, 9.17) is 0 Å². The summed E-state index contributed by atoms with van der Waals surface area (Å²) in [4.78, 5) is 14.4. The Bertz CT molecular complexity index is 783. The lowest BCUT2D eigenvalue weighted by Gasteiger charge is -2.28. The van der Waals surface area contributed by atoms with Gasteiger partial charge in [-0.15, -0.1) is 0 Å². The molecule has 0 saturated heterocycles. The fourth-order valence-corrected chi connectivity index (χ4v) is 3.13. The van der Waals surface area contributed by atoms with Crippen molar-refractivity contribution in [2.75, 3.05) is 18.5 Å². The van der Waals surface area contributed by atoms with Gasteiger partial charge < -0.3 is 10.2 Å². The lowest BCUT2D eigenvalue weighted by Crippen LogP contribution is -2.27. The summed E-state index contributed by atoms with van der Waals surface area (Å²) in [6.45, 7) is 3.05. The maximum absolute atomic E-state index is 12.9. The lowest BCUT2D eigenvalue weighted by molar-refractivity contribution is -0.117. The molecular weight excluding hydrogens is 315 g/mol. The molecule has 1 aliphatic rings. The van der Waals surface area contributed by atoms with E-state index >= 15 is 0 Å². The normalized spacial score (nSPS) is 15.1. The highest BCUT2D eigenvalue weighted by molar-refractivity contribution is 5.92. The molecular formula is C21H23FN2O. The number of anilines is 1. The molecule has 3 nitrogen and oxygen atoms in total. The molecule has 1 atom stereocenters. The van der Waals surface area contributed by atoms with Gasteiger partial charge in [-0.1, -0.05) is 24.3 Å². The Balaban J connectivity index is 1.65. The monoisotopic (exact) mass is 338 g/mol. The second-order valence-electron chi connectivity index (χ2n) is 6.53. The minimum atomic E-state index is -0.285. The van der Waals surface area contributed by atoms with Gasteiger partial charge in [0.25, 0.3) is 0 Å². The summed E-state index contributed by atoms with van der Waals surface area (Å²) in [6, 6.07) is 12.4. The third-order valence-electron chi connectivity index (χ3n) is 4.62. The van der Waals surface area contributed by atoms with Crippen LogP contribution in [0.1, 0.15) is 36.1 Å². The molecule has 0 aliphatic carbocycles. The molecule has 25 heavy (non-hydrogen) atoms. The fraction of sp³-hybridized carbons (Fsp3) is 0.286. The zero-order chi connectivity index (χ0) is 17.8. The van der Waals surface area contributed by atoms with E-state index in [1.807, 2.05) is 6.92 Å². The number of hydrogen-bond acceptors (Lipinski definition) is 2. The number of fused-ring (bicyclic) bond motifs is 1. The van der Waals surface area contributed by atoms with Crippen LogP contribution in [0.3, 0.4) is 0 Å². The molecule has 2 aromatic carbocycles. The van der Waals surface area contributed by atoms with Crippen LogP contribution in [-0.4, -0.2) is 19.5 Å². The number of nitrogens with one attached hydrogen (secondary N) is 1. The SMILES string of the molecule is CC(NC(=O)/C=C/c1ccc(F)cc1)c1ccc2c(c1)N(C)CCC2. The first-order valence-corrected chi connectivity index (χ1v) is 8.61. The summed E-state index contributed by atoms with van der Waals surface area (Å²) in [5.41, 5.74) is 4.51. The van der Waals surface area contributed by atoms with Crippen molar-refractivity contribution in [1.82, 2.24) is 5.32 Å². The summed E-state index contributed by atoms with van der Waals surface area (Å²) in [5.74, 6) is -0.449. The Morgan fingerprint density at radius 1 is 1.24 bits per heavy atom. The molecule has 1 amide bonds. The Labute approximate surface area is 148 Å². The van der Waals surface area contributed by atoms with Crippen LogP contribution in [0.5, 0.6) is 0 Å². The van der Waals surface area contributed by atoms with Crippen LogP contribution in [0.2, 0.25) is 0 Å². The molecule has 4 heteroatoms. The van der Waals surface area contributed by atoms with Crippen LogP contribution in [0.15, 0.2) is 48.5 Å². The summed E-state index contributed by atoms with van der Waals surface area (Å²) in [5, 5.41) is 2.98. The molecule has 2 aromatic rings. The number of carbonyl (C=O) groups is 1. The van der Waals surface area contributed by atoms with Crippen molar-refractivity contribution in [3.63, 3.8) is 0 Å². The van der Waals surface area contributed by atoms with Crippen molar-refractivity contribution in [2.24, 2.45) is 0 Å². The minimum absolute atomic E-state index is 0.0778. The van der Waals surface area contributed by atoms with E-state index in [1.165, 1.54) is 35.9 Å².